The Kier molecular flexibility index (Phi) is 10.3. The third kappa shape index (κ3) is 9.71. The van der Waals surface area contributed by atoms with E-state index in [1.54, 1.807) is 50.5 Å². The van der Waals surface area contributed by atoms with Gasteiger partial charge in [-0.25, -0.2) is 0 Å². The van der Waals surface area contributed by atoms with Crippen molar-refractivity contribution in [3.05, 3.63) is 144 Å². The van der Waals surface area contributed by atoms with E-state index in [0.717, 1.165) is 20.7 Å². The van der Waals surface area contributed by atoms with E-state index in [9.17, 15) is 4.39 Å². The molecule has 0 spiro atoms. The van der Waals surface area contributed by atoms with Crippen LogP contribution in [-0.2, 0) is 32.9 Å². The molecule has 7 aromatic rings. The molecule has 4 aromatic heterocycles. The van der Waals surface area contributed by atoms with Crippen LogP contribution in [0.5, 0.6) is 0 Å². The SMILES string of the molecule is [2H]C(C)(C)c1cc2c(cn1)oc1c[c-]c(-c3cc(C([2H])([2H])C(C)(C)C)ccn3)cc12.[2H]C([2H])(c1ccccc1)c1cc(-c2[c-]cc(F)cc2)nc[c]1[Ge]([CH3])([CH3])[CH3].[Ir]. The maximum atomic E-state index is 13.2. The summed E-state index contributed by atoms with van der Waals surface area (Å²) >= 11 is -2.37. The number of halogens is 1. The second-order valence-corrected chi connectivity index (χ2v) is 25.4. The fraction of sp³-hybridized carbons (Fsp3) is 0.267. The van der Waals surface area contributed by atoms with Crippen LogP contribution in [0, 0.1) is 23.4 Å². The van der Waals surface area contributed by atoms with Crippen molar-refractivity contribution in [2.24, 2.45) is 5.41 Å². The number of rotatable bonds is 7. The summed E-state index contributed by atoms with van der Waals surface area (Å²) < 4.78 is 63.2. The van der Waals surface area contributed by atoms with Crippen LogP contribution in [0.2, 0.25) is 17.3 Å². The fourth-order valence-corrected chi connectivity index (χ4v) is 8.61. The molecule has 0 aliphatic carbocycles. The van der Waals surface area contributed by atoms with E-state index in [1.807, 2.05) is 75.5 Å². The van der Waals surface area contributed by atoms with Gasteiger partial charge in [-0.15, -0.1) is 23.8 Å². The van der Waals surface area contributed by atoms with Gasteiger partial charge in [0.2, 0.25) is 0 Å². The zero-order valence-electron chi connectivity index (χ0n) is 35.8. The van der Waals surface area contributed by atoms with Crippen molar-refractivity contribution in [2.45, 2.75) is 70.5 Å². The predicted molar refractivity (Wildman–Crippen MR) is 212 cm³/mol. The van der Waals surface area contributed by atoms with Crippen molar-refractivity contribution in [1.29, 1.82) is 0 Å². The number of benzene rings is 3. The zero-order chi connectivity index (χ0) is 40.8. The maximum Gasteiger partial charge on any atom is 0 e. The number of hydrogen-bond acceptors (Lipinski definition) is 4. The second kappa shape index (κ2) is 16.4. The van der Waals surface area contributed by atoms with E-state index in [0.29, 0.717) is 50.5 Å². The average Bonchev–Trinajstić information content (AvgIpc) is 3.52. The Morgan fingerprint density at radius 2 is 1.52 bits per heavy atom. The first-order valence-electron chi connectivity index (χ1n) is 19.5. The molecule has 0 amide bonds. The Bertz CT molecular complexity index is 2510. The Labute approximate surface area is 331 Å². The molecular formula is C45H46FGeIrN3O-2. The molecule has 0 fully saturated rings. The first kappa shape index (κ1) is 32.7. The van der Waals surface area contributed by atoms with Crippen LogP contribution in [0.25, 0.3) is 44.5 Å². The first-order valence-corrected chi connectivity index (χ1v) is 24.4. The van der Waals surface area contributed by atoms with Crippen LogP contribution in [0.4, 0.5) is 4.39 Å². The van der Waals surface area contributed by atoms with Crippen molar-refractivity contribution in [3.8, 4) is 22.5 Å². The van der Waals surface area contributed by atoms with E-state index in [1.165, 1.54) is 12.1 Å². The number of furan rings is 1. The van der Waals surface area contributed by atoms with E-state index < -0.39 is 37.3 Å². The average molecular weight is 934 g/mol. The molecule has 0 aliphatic rings. The molecule has 1 radical (unpaired) electrons. The van der Waals surface area contributed by atoms with E-state index >= 15 is 0 Å². The predicted octanol–water partition coefficient (Wildman–Crippen LogP) is 11.4. The van der Waals surface area contributed by atoms with Gasteiger partial charge in [0.25, 0.3) is 0 Å². The molecular weight excluding hydrogens is 882 g/mol. The van der Waals surface area contributed by atoms with Crippen molar-refractivity contribution in [3.63, 3.8) is 0 Å². The van der Waals surface area contributed by atoms with Crippen molar-refractivity contribution in [2.75, 3.05) is 0 Å². The number of aromatic nitrogens is 3. The van der Waals surface area contributed by atoms with Crippen molar-refractivity contribution >= 4 is 39.6 Å². The minimum Gasteiger partial charge on any atom is 0 e. The van der Waals surface area contributed by atoms with E-state index in [4.69, 9.17) is 11.3 Å². The topological polar surface area (TPSA) is 51.8 Å². The summed E-state index contributed by atoms with van der Waals surface area (Å²) in [5.74, 6) is 5.52. The van der Waals surface area contributed by atoms with Crippen LogP contribution in [0.1, 0.15) is 69.8 Å². The Hall–Kier alpha value is -3.97. The van der Waals surface area contributed by atoms with Gasteiger partial charge >= 0.3 is 148 Å². The minimum absolute atomic E-state index is 0. The van der Waals surface area contributed by atoms with Gasteiger partial charge in [-0.2, -0.15) is 0 Å². The monoisotopic (exact) mass is 935 g/mol. The zero-order valence-corrected chi connectivity index (χ0v) is 35.3. The maximum absolute atomic E-state index is 13.2. The van der Waals surface area contributed by atoms with Crippen molar-refractivity contribution in [1.82, 2.24) is 15.0 Å². The minimum atomic E-state index is -2.37. The number of nitrogens with zero attached hydrogens (tertiary/aromatic N) is 3. The summed E-state index contributed by atoms with van der Waals surface area (Å²) in [6.45, 7) is 9.29. The molecule has 0 saturated heterocycles. The third-order valence-corrected chi connectivity index (χ3v) is 12.4. The summed E-state index contributed by atoms with van der Waals surface area (Å²) in [6.07, 6.45) is 1.98. The summed E-state index contributed by atoms with van der Waals surface area (Å²) in [6, 6.07) is 30.5. The molecule has 0 saturated carbocycles. The molecule has 0 bridgehead atoms. The van der Waals surface area contributed by atoms with Crippen LogP contribution in [-0.4, -0.2) is 28.2 Å². The molecule has 4 nitrogen and oxygen atoms in total. The molecule has 7 heteroatoms. The summed E-state index contributed by atoms with van der Waals surface area (Å²) in [5, 5.41) is 1.80. The van der Waals surface area contributed by atoms with Gasteiger partial charge in [-0.1, -0.05) is 51.6 Å². The van der Waals surface area contributed by atoms with Crippen LogP contribution in [0.3, 0.4) is 0 Å². The summed E-state index contributed by atoms with van der Waals surface area (Å²) in [5.41, 5.74) is 6.02. The van der Waals surface area contributed by atoms with E-state index in [2.05, 4.69) is 44.4 Å². The molecule has 0 atom stereocenters. The molecule has 7 rings (SSSR count). The quantitative estimate of drug-likeness (QED) is 0.118. The third-order valence-electron chi connectivity index (χ3n) is 8.17. The standard InChI is InChI=1S/C24H25N2O.C21H21FGeN.Ir/c1-15(2)20-12-19-18-11-17(6-7-22(18)27-23(19)14-26-20)21-10-16(8-9-25-21)13-24(3,4)5;1-23(2,3)20-15-24-21(17-9-11-19(22)12-10-17)14-18(20)13-16-7-5-4-6-8-16;/h7-12,14-15H,13H2,1-5H3;4-9,11-12,14-15H,13H2,1-3H3;/q2*-1;/i13D2,15D;13D2;. The summed E-state index contributed by atoms with van der Waals surface area (Å²) in [7, 11) is 0. The summed E-state index contributed by atoms with van der Waals surface area (Å²) in [4.78, 5) is 13.4. The largest absolute Gasteiger partial charge is 0 e. The first-order chi connectivity index (χ1) is 26.1. The Morgan fingerprint density at radius 1 is 0.808 bits per heavy atom. The Morgan fingerprint density at radius 3 is 2.19 bits per heavy atom. The van der Waals surface area contributed by atoms with E-state index in [-0.39, 0.29) is 25.9 Å². The second-order valence-electron chi connectivity index (χ2n) is 14.9. The number of fused-ring (bicyclic) bond motifs is 3. The smallest absolute Gasteiger partial charge is 0 e. The van der Waals surface area contributed by atoms with Gasteiger partial charge in [0.1, 0.15) is 5.58 Å². The number of pyridine rings is 3. The van der Waals surface area contributed by atoms with Gasteiger partial charge in [0.05, 0.1) is 11.8 Å². The van der Waals surface area contributed by atoms with Gasteiger partial charge in [0.15, 0.2) is 0 Å². The molecule has 0 N–H and O–H groups in total. The molecule has 0 unspecified atom stereocenters. The van der Waals surface area contributed by atoms with Crippen LogP contribution < -0.4 is 4.40 Å². The van der Waals surface area contributed by atoms with Gasteiger partial charge in [-0.05, 0) is 35.5 Å². The van der Waals surface area contributed by atoms with Gasteiger partial charge in [-0.3, -0.25) is 4.98 Å². The fourth-order valence-electron chi connectivity index (χ4n) is 5.68. The molecule has 4 heterocycles. The van der Waals surface area contributed by atoms with Gasteiger partial charge in [0, 0.05) is 41.5 Å². The number of hydrogen-bond donors (Lipinski definition) is 0. The van der Waals surface area contributed by atoms with Crippen LogP contribution >= 0.6 is 0 Å². The normalized spacial score (nSPS) is 13.9. The molecule has 52 heavy (non-hydrogen) atoms. The van der Waals surface area contributed by atoms with Crippen molar-refractivity contribution < 1.29 is 35.8 Å². The van der Waals surface area contributed by atoms with Crippen LogP contribution in [0.15, 0.2) is 108 Å². The molecule has 269 valence electrons. The molecule has 3 aromatic carbocycles. The Balaban J connectivity index is 0.000000216. The molecule has 0 aliphatic heterocycles. The van der Waals surface area contributed by atoms with Gasteiger partial charge < -0.3 is 9.40 Å².